The van der Waals surface area contributed by atoms with Crippen molar-refractivity contribution in [2.45, 2.75) is 46.3 Å². The Labute approximate surface area is 116 Å². The van der Waals surface area contributed by atoms with E-state index < -0.39 is 0 Å². The first-order valence-corrected chi connectivity index (χ1v) is 7.13. The van der Waals surface area contributed by atoms with E-state index in [4.69, 9.17) is 9.47 Å². The van der Waals surface area contributed by atoms with Crippen LogP contribution in [-0.4, -0.2) is 30.8 Å². The van der Waals surface area contributed by atoms with Crippen LogP contribution in [0.4, 0.5) is 0 Å². The monoisotopic (exact) mass is 266 g/mol. The normalized spacial score (nSPS) is 10.9. The number of aromatic nitrogens is 1. The van der Waals surface area contributed by atoms with Crippen molar-refractivity contribution in [1.82, 2.24) is 10.3 Å². The minimum atomic E-state index is 0.144. The van der Waals surface area contributed by atoms with Crippen molar-refractivity contribution in [2.24, 2.45) is 0 Å². The van der Waals surface area contributed by atoms with E-state index in [1.54, 1.807) is 6.20 Å². The lowest BCUT2D eigenvalue weighted by atomic mass is 10.2. The molecule has 0 fully saturated rings. The summed E-state index contributed by atoms with van der Waals surface area (Å²) in [6, 6.07) is 3.97. The Bertz CT molecular complexity index is 343. The summed E-state index contributed by atoms with van der Waals surface area (Å²) in [6.07, 6.45) is 4.22. The predicted molar refractivity (Wildman–Crippen MR) is 77.4 cm³/mol. The maximum atomic E-state index is 5.67. The largest absolute Gasteiger partial charge is 0.475 e. The molecule has 4 nitrogen and oxygen atoms in total. The fraction of sp³-hybridized carbons (Fsp3) is 0.667. The summed E-state index contributed by atoms with van der Waals surface area (Å²) in [4.78, 5) is 4.26. The van der Waals surface area contributed by atoms with Crippen LogP contribution in [0.25, 0.3) is 0 Å². The molecule has 0 spiro atoms. The van der Waals surface area contributed by atoms with E-state index in [9.17, 15) is 0 Å². The van der Waals surface area contributed by atoms with Gasteiger partial charge < -0.3 is 14.8 Å². The van der Waals surface area contributed by atoms with E-state index in [0.717, 1.165) is 44.2 Å². The Kier molecular flexibility index (Phi) is 8.18. The molecule has 0 atom stereocenters. The fourth-order valence-electron chi connectivity index (χ4n) is 1.60. The van der Waals surface area contributed by atoms with Crippen LogP contribution in [0.2, 0.25) is 0 Å². The molecule has 1 heterocycles. The molecule has 0 bridgehead atoms. The summed E-state index contributed by atoms with van der Waals surface area (Å²) in [6.45, 7) is 9.39. The smallest absolute Gasteiger partial charge is 0.218 e. The first kappa shape index (κ1) is 15.9. The lowest BCUT2D eigenvalue weighted by Crippen LogP contribution is -2.20. The zero-order chi connectivity index (χ0) is 13.9. The average molecular weight is 266 g/mol. The van der Waals surface area contributed by atoms with Gasteiger partial charge in [-0.15, -0.1) is 0 Å². The van der Waals surface area contributed by atoms with Gasteiger partial charge in [-0.3, -0.25) is 0 Å². The molecule has 1 aromatic rings. The van der Waals surface area contributed by atoms with Crippen LogP contribution in [0, 0.1) is 0 Å². The summed E-state index contributed by atoms with van der Waals surface area (Å²) in [7, 11) is 0. The van der Waals surface area contributed by atoms with Crippen molar-refractivity contribution < 1.29 is 9.47 Å². The molecule has 4 heteroatoms. The van der Waals surface area contributed by atoms with Crippen molar-refractivity contribution in [2.75, 3.05) is 19.8 Å². The Morgan fingerprint density at radius 1 is 1.32 bits per heavy atom. The average Bonchev–Trinajstić information content (AvgIpc) is 2.39. The van der Waals surface area contributed by atoms with Gasteiger partial charge in [-0.25, -0.2) is 4.98 Å². The molecular weight excluding hydrogens is 240 g/mol. The Balaban J connectivity index is 2.25. The maximum Gasteiger partial charge on any atom is 0.218 e. The molecule has 0 aliphatic heterocycles. The Hall–Kier alpha value is -1.13. The summed E-state index contributed by atoms with van der Waals surface area (Å²) < 4.78 is 11.2. The summed E-state index contributed by atoms with van der Waals surface area (Å²) in [5.74, 6) is 0.719. The zero-order valence-electron chi connectivity index (χ0n) is 12.3. The molecular formula is C15H26N2O2. The van der Waals surface area contributed by atoms with Gasteiger partial charge in [0.05, 0.1) is 12.7 Å². The lowest BCUT2D eigenvalue weighted by molar-refractivity contribution is 0.132. The van der Waals surface area contributed by atoms with E-state index in [2.05, 4.69) is 17.2 Å². The second kappa shape index (κ2) is 9.75. The summed E-state index contributed by atoms with van der Waals surface area (Å²) >= 11 is 0. The zero-order valence-corrected chi connectivity index (χ0v) is 12.3. The molecule has 19 heavy (non-hydrogen) atoms. The number of nitrogens with one attached hydrogen (secondary N) is 1. The van der Waals surface area contributed by atoms with Crippen LogP contribution in [-0.2, 0) is 11.3 Å². The Morgan fingerprint density at radius 3 is 2.89 bits per heavy atom. The quantitative estimate of drug-likeness (QED) is 0.661. The van der Waals surface area contributed by atoms with Crippen molar-refractivity contribution in [3.63, 3.8) is 0 Å². The van der Waals surface area contributed by atoms with Crippen LogP contribution < -0.4 is 10.1 Å². The third kappa shape index (κ3) is 7.13. The van der Waals surface area contributed by atoms with Gasteiger partial charge in [-0.2, -0.15) is 0 Å². The highest BCUT2D eigenvalue weighted by Crippen LogP contribution is 2.15. The van der Waals surface area contributed by atoms with Gasteiger partial charge in [0.15, 0.2) is 0 Å². The molecule has 0 amide bonds. The highest BCUT2D eigenvalue weighted by Gasteiger charge is 2.05. The third-order valence-corrected chi connectivity index (χ3v) is 2.58. The third-order valence-electron chi connectivity index (χ3n) is 2.58. The predicted octanol–water partition coefficient (Wildman–Crippen LogP) is 2.78. The highest BCUT2D eigenvalue weighted by molar-refractivity contribution is 5.25. The van der Waals surface area contributed by atoms with Gasteiger partial charge in [0.1, 0.15) is 0 Å². The van der Waals surface area contributed by atoms with Crippen molar-refractivity contribution >= 4 is 0 Å². The van der Waals surface area contributed by atoms with Crippen LogP contribution in [0.5, 0.6) is 5.88 Å². The van der Waals surface area contributed by atoms with E-state index in [0.29, 0.717) is 0 Å². The van der Waals surface area contributed by atoms with E-state index in [-0.39, 0.29) is 6.10 Å². The van der Waals surface area contributed by atoms with Gasteiger partial charge >= 0.3 is 0 Å². The second-order valence-corrected chi connectivity index (χ2v) is 4.78. The molecule has 0 aromatic carbocycles. The van der Waals surface area contributed by atoms with Gasteiger partial charge in [0.25, 0.3) is 0 Å². The number of unbranched alkanes of at least 4 members (excludes halogenated alkanes) is 1. The molecule has 1 aromatic heterocycles. The summed E-state index contributed by atoms with van der Waals surface area (Å²) in [5.41, 5.74) is 1.09. The standard InChI is InChI=1S/C15H26N2O2/c1-4-5-10-18-11-9-16-12-14-7-6-8-17-15(14)19-13(2)3/h6-8,13,16H,4-5,9-12H2,1-3H3. The van der Waals surface area contributed by atoms with Gasteiger partial charge in [-0.1, -0.05) is 19.4 Å². The number of hydrogen-bond donors (Lipinski definition) is 1. The molecule has 0 radical (unpaired) electrons. The number of pyridine rings is 1. The van der Waals surface area contributed by atoms with Gasteiger partial charge in [0, 0.05) is 31.5 Å². The molecule has 0 aliphatic rings. The lowest BCUT2D eigenvalue weighted by Gasteiger charge is -2.13. The SMILES string of the molecule is CCCCOCCNCc1cccnc1OC(C)C. The van der Waals surface area contributed by atoms with Gasteiger partial charge in [-0.05, 0) is 26.3 Å². The van der Waals surface area contributed by atoms with Crippen molar-refractivity contribution in [3.8, 4) is 5.88 Å². The number of nitrogens with zero attached hydrogens (tertiary/aromatic N) is 1. The molecule has 0 saturated carbocycles. The first-order chi connectivity index (χ1) is 9.24. The van der Waals surface area contributed by atoms with Crippen LogP contribution >= 0.6 is 0 Å². The fourth-order valence-corrected chi connectivity index (χ4v) is 1.60. The molecule has 1 N–H and O–H groups in total. The topological polar surface area (TPSA) is 43.4 Å². The van der Waals surface area contributed by atoms with Crippen LogP contribution in [0.3, 0.4) is 0 Å². The molecule has 108 valence electrons. The minimum absolute atomic E-state index is 0.144. The Morgan fingerprint density at radius 2 is 2.16 bits per heavy atom. The van der Waals surface area contributed by atoms with E-state index in [1.807, 2.05) is 26.0 Å². The van der Waals surface area contributed by atoms with E-state index >= 15 is 0 Å². The highest BCUT2D eigenvalue weighted by atomic mass is 16.5. The number of hydrogen-bond acceptors (Lipinski definition) is 4. The molecule has 1 rings (SSSR count). The molecule has 0 unspecified atom stereocenters. The summed E-state index contributed by atoms with van der Waals surface area (Å²) in [5, 5.41) is 3.35. The molecule has 0 saturated heterocycles. The van der Waals surface area contributed by atoms with Crippen molar-refractivity contribution in [1.29, 1.82) is 0 Å². The first-order valence-electron chi connectivity index (χ1n) is 7.13. The maximum absolute atomic E-state index is 5.67. The van der Waals surface area contributed by atoms with Crippen LogP contribution in [0.1, 0.15) is 39.2 Å². The van der Waals surface area contributed by atoms with Crippen molar-refractivity contribution in [3.05, 3.63) is 23.9 Å². The molecule has 0 aliphatic carbocycles. The number of ether oxygens (including phenoxy) is 2. The van der Waals surface area contributed by atoms with E-state index in [1.165, 1.54) is 6.42 Å². The second-order valence-electron chi connectivity index (χ2n) is 4.78. The minimum Gasteiger partial charge on any atom is -0.475 e. The van der Waals surface area contributed by atoms with Gasteiger partial charge in [0.2, 0.25) is 5.88 Å². The van der Waals surface area contributed by atoms with Crippen LogP contribution in [0.15, 0.2) is 18.3 Å². The number of rotatable bonds is 10.